The first-order chi connectivity index (χ1) is 8.99. The zero-order valence-electron chi connectivity index (χ0n) is 11.2. The lowest BCUT2D eigenvalue weighted by molar-refractivity contribution is -0.141. The van der Waals surface area contributed by atoms with Gasteiger partial charge in [0, 0.05) is 13.1 Å². The molecule has 1 aromatic carbocycles. The molecule has 1 aliphatic heterocycles. The molecular weight excluding hydrogens is 244 g/mol. The number of rotatable bonds is 3. The maximum atomic E-state index is 12.1. The van der Waals surface area contributed by atoms with Gasteiger partial charge in [0.15, 0.2) is 0 Å². The number of carbonyl (C=O) groups excluding carboxylic acids is 1. The molecule has 5 heteroatoms. The number of carboxylic acid groups (broad SMARTS) is 1. The molecule has 2 rings (SSSR count). The van der Waals surface area contributed by atoms with Gasteiger partial charge < -0.3 is 14.9 Å². The van der Waals surface area contributed by atoms with Crippen molar-refractivity contribution < 1.29 is 14.7 Å². The van der Waals surface area contributed by atoms with E-state index < -0.39 is 11.9 Å². The van der Waals surface area contributed by atoms with Crippen molar-refractivity contribution in [1.82, 2.24) is 9.80 Å². The molecule has 0 spiro atoms. The number of hydrogen-bond acceptors (Lipinski definition) is 3. The van der Waals surface area contributed by atoms with Crippen molar-refractivity contribution in [2.45, 2.75) is 12.5 Å². The number of carboxylic acids is 1. The van der Waals surface area contributed by atoms with Crippen LogP contribution in [0.4, 0.5) is 0 Å². The molecule has 1 aromatic rings. The van der Waals surface area contributed by atoms with Gasteiger partial charge in [-0.05, 0) is 25.2 Å². The molecule has 1 aliphatic rings. The normalized spacial score (nSPS) is 18.3. The summed E-state index contributed by atoms with van der Waals surface area (Å²) in [6.45, 7) is 1.04. The van der Waals surface area contributed by atoms with Crippen molar-refractivity contribution in [2.75, 3.05) is 27.2 Å². The maximum Gasteiger partial charge on any atom is 0.312 e. The van der Waals surface area contributed by atoms with Gasteiger partial charge >= 0.3 is 5.97 Å². The number of carbonyl (C=O) groups is 2. The molecule has 0 fully saturated rings. The highest BCUT2D eigenvalue weighted by atomic mass is 16.4. The van der Waals surface area contributed by atoms with Crippen LogP contribution in [0.3, 0.4) is 0 Å². The fourth-order valence-corrected chi connectivity index (χ4v) is 2.38. The average molecular weight is 262 g/mol. The molecule has 1 N–H and O–H groups in total. The first-order valence-electron chi connectivity index (χ1n) is 6.22. The Morgan fingerprint density at radius 2 is 2.05 bits per heavy atom. The van der Waals surface area contributed by atoms with E-state index in [0.29, 0.717) is 13.1 Å². The molecule has 0 aromatic heterocycles. The van der Waals surface area contributed by atoms with Crippen LogP contribution >= 0.6 is 0 Å². The molecule has 1 unspecified atom stereocenters. The van der Waals surface area contributed by atoms with Gasteiger partial charge in [-0.15, -0.1) is 0 Å². The number of amides is 1. The van der Waals surface area contributed by atoms with Gasteiger partial charge in [-0.1, -0.05) is 24.3 Å². The Morgan fingerprint density at radius 3 is 2.68 bits per heavy atom. The van der Waals surface area contributed by atoms with E-state index >= 15 is 0 Å². The highest BCUT2D eigenvalue weighted by molar-refractivity contribution is 5.82. The minimum atomic E-state index is -0.880. The summed E-state index contributed by atoms with van der Waals surface area (Å²) in [4.78, 5) is 26.9. The van der Waals surface area contributed by atoms with Gasteiger partial charge in [0.05, 0.1) is 12.5 Å². The summed E-state index contributed by atoms with van der Waals surface area (Å²) in [6, 6.07) is 7.44. The van der Waals surface area contributed by atoms with Crippen molar-refractivity contribution >= 4 is 11.9 Å². The highest BCUT2D eigenvalue weighted by Gasteiger charge is 2.32. The molecule has 0 saturated carbocycles. The quantitative estimate of drug-likeness (QED) is 0.873. The molecule has 102 valence electrons. The molecule has 0 saturated heterocycles. The predicted molar refractivity (Wildman–Crippen MR) is 70.8 cm³/mol. The summed E-state index contributed by atoms with van der Waals surface area (Å²) in [5.41, 5.74) is 1.75. The van der Waals surface area contributed by atoms with Gasteiger partial charge in [-0.3, -0.25) is 9.59 Å². The Kier molecular flexibility index (Phi) is 3.85. The van der Waals surface area contributed by atoms with Crippen LogP contribution < -0.4 is 0 Å². The van der Waals surface area contributed by atoms with E-state index in [-0.39, 0.29) is 12.5 Å². The number of likely N-dealkylation sites (N-methyl/N-ethyl adjacent to an activating group) is 1. The number of aliphatic carboxylic acids is 1. The van der Waals surface area contributed by atoms with Crippen molar-refractivity contribution in [3.63, 3.8) is 0 Å². The van der Waals surface area contributed by atoms with E-state index in [1.54, 1.807) is 9.80 Å². The topological polar surface area (TPSA) is 60.9 Å². The van der Waals surface area contributed by atoms with Gasteiger partial charge in [0.1, 0.15) is 0 Å². The zero-order chi connectivity index (χ0) is 14.0. The highest BCUT2D eigenvalue weighted by Crippen LogP contribution is 2.28. The summed E-state index contributed by atoms with van der Waals surface area (Å²) in [5.74, 6) is -1.54. The van der Waals surface area contributed by atoms with Crippen LogP contribution in [0.25, 0.3) is 0 Å². The van der Waals surface area contributed by atoms with E-state index in [2.05, 4.69) is 0 Å². The third-order valence-electron chi connectivity index (χ3n) is 3.30. The molecule has 0 radical (unpaired) electrons. The van der Waals surface area contributed by atoms with Crippen LogP contribution in [0, 0.1) is 0 Å². The van der Waals surface area contributed by atoms with E-state index in [9.17, 15) is 14.7 Å². The van der Waals surface area contributed by atoms with Gasteiger partial charge in [-0.2, -0.15) is 0 Å². The second-order valence-corrected chi connectivity index (χ2v) is 5.10. The van der Waals surface area contributed by atoms with Crippen molar-refractivity contribution in [1.29, 1.82) is 0 Å². The average Bonchev–Trinajstić information content (AvgIpc) is 2.36. The van der Waals surface area contributed by atoms with E-state index in [0.717, 1.165) is 11.1 Å². The second-order valence-electron chi connectivity index (χ2n) is 5.10. The maximum absolute atomic E-state index is 12.1. The van der Waals surface area contributed by atoms with Crippen LogP contribution in [-0.2, 0) is 16.1 Å². The number of fused-ring (bicyclic) bond motifs is 1. The number of benzene rings is 1. The van der Waals surface area contributed by atoms with E-state index in [4.69, 9.17) is 0 Å². The van der Waals surface area contributed by atoms with Gasteiger partial charge in [0.25, 0.3) is 0 Å². The molecule has 1 amide bonds. The number of nitrogens with zero attached hydrogens (tertiary/aromatic N) is 2. The summed E-state index contributed by atoms with van der Waals surface area (Å²) >= 11 is 0. The minimum absolute atomic E-state index is 0.0363. The Bertz CT molecular complexity index is 499. The molecular formula is C14H18N2O3. The van der Waals surface area contributed by atoms with Gasteiger partial charge in [0.2, 0.25) is 5.91 Å². The largest absolute Gasteiger partial charge is 0.481 e. The number of hydrogen-bond donors (Lipinski definition) is 1. The van der Waals surface area contributed by atoms with E-state index in [1.807, 2.05) is 38.4 Å². The molecule has 0 bridgehead atoms. The zero-order valence-corrected chi connectivity index (χ0v) is 11.2. The Morgan fingerprint density at radius 1 is 1.37 bits per heavy atom. The fourth-order valence-electron chi connectivity index (χ4n) is 2.38. The van der Waals surface area contributed by atoms with E-state index in [1.165, 1.54) is 0 Å². The Balaban J connectivity index is 2.25. The second kappa shape index (κ2) is 5.40. The summed E-state index contributed by atoms with van der Waals surface area (Å²) in [6.07, 6.45) is 0. The van der Waals surface area contributed by atoms with Gasteiger partial charge in [-0.25, -0.2) is 0 Å². The van der Waals surface area contributed by atoms with Crippen LogP contribution in [0.5, 0.6) is 0 Å². The van der Waals surface area contributed by atoms with Crippen molar-refractivity contribution in [2.24, 2.45) is 0 Å². The van der Waals surface area contributed by atoms with Crippen LogP contribution in [-0.4, -0.2) is 54.0 Å². The summed E-state index contributed by atoms with van der Waals surface area (Å²) in [7, 11) is 3.65. The summed E-state index contributed by atoms with van der Waals surface area (Å²) in [5, 5.41) is 9.32. The fraction of sp³-hybridized carbons (Fsp3) is 0.429. The first kappa shape index (κ1) is 13.5. The van der Waals surface area contributed by atoms with Crippen LogP contribution in [0.1, 0.15) is 17.0 Å². The predicted octanol–water partition coefficient (Wildman–Crippen LogP) is 0.759. The Hall–Kier alpha value is -1.88. The van der Waals surface area contributed by atoms with Crippen molar-refractivity contribution in [3.8, 4) is 0 Å². The molecule has 19 heavy (non-hydrogen) atoms. The lowest BCUT2D eigenvalue weighted by atomic mass is 9.90. The minimum Gasteiger partial charge on any atom is -0.481 e. The smallest absolute Gasteiger partial charge is 0.312 e. The SMILES string of the molecule is CN(C)CC(=O)N1Cc2ccccc2C(C(=O)O)C1. The molecule has 1 heterocycles. The standard InChI is InChI=1S/C14H18N2O3/c1-15(2)9-13(17)16-7-10-5-3-4-6-11(10)12(8-16)14(18)19/h3-6,12H,7-9H2,1-2H3,(H,18,19). The third kappa shape index (κ3) is 2.93. The summed E-state index contributed by atoms with van der Waals surface area (Å²) < 4.78 is 0. The lowest BCUT2D eigenvalue weighted by Crippen LogP contribution is -2.44. The first-order valence-corrected chi connectivity index (χ1v) is 6.22. The molecule has 1 atom stereocenters. The van der Waals surface area contributed by atoms with Crippen molar-refractivity contribution in [3.05, 3.63) is 35.4 Å². The molecule has 0 aliphatic carbocycles. The van der Waals surface area contributed by atoms with Crippen LogP contribution in [0.2, 0.25) is 0 Å². The Labute approximate surface area is 112 Å². The van der Waals surface area contributed by atoms with Crippen LogP contribution in [0.15, 0.2) is 24.3 Å². The monoisotopic (exact) mass is 262 g/mol. The lowest BCUT2D eigenvalue weighted by Gasteiger charge is -2.33. The molecule has 5 nitrogen and oxygen atoms in total. The third-order valence-corrected chi connectivity index (χ3v) is 3.30.